The molecule has 20 heavy (non-hydrogen) atoms. The Balaban J connectivity index is 2.18. The molecule has 0 radical (unpaired) electrons. The summed E-state index contributed by atoms with van der Waals surface area (Å²) in [6.07, 6.45) is 1.95. The number of hydrogen-bond acceptors (Lipinski definition) is 3. The molecule has 1 aromatic carbocycles. The quantitative estimate of drug-likeness (QED) is 0.917. The van der Waals surface area contributed by atoms with Gasteiger partial charge < -0.3 is 4.98 Å². The van der Waals surface area contributed by atoms with Crippen LogP contribution in [-0.4, -0.2) is 29.7 Å². The monoisotopic (exact) mass is 297 g/mol. The van der Waals surface area contributed by atoms with E-state index in [1.54, 1.807) is 12.1 Å². The highest BCUT2D eigenvalue weighted by atomic mass is 32.2. The third-order valence-corrected chi connectivity index (χ3v) is 4.66. The van der Waals surface area contributed by atoms with E-state index in [0.29, 0.717) is 17.8 Å². The van der Waals surface area contributed by atoms with Crippen molar-refractivity contribution in [3.63, 3.8) is 0 Å². The van der Waals surface area contributed by atoms with Crippen molar-refractivity contribution in [3.8, 4) is 0 Å². The minimum absolute atomic E-state index is 0.0685. The number of aryl methyl sites for hydroxylation is 1. The molecular weight excluding hydrogens is 281 g/mol. The number of halogens is 1. The fourth-order valence-electron chi connectivity index (χ4n) is 1.75. The summed E-state index contributed by atoms with van der Waals surface area (Å²) < 4.78 is 38.6. The highest BCUT2D eigenvalue weighted by Crippen LogP contribution is 2.15. The Bertz CT molecular complexity index is 680. The average Bonchev–Trinajstić information content (AvgIpc) is 2.90. The van der Waals surface area contributed by atoms with Crippen molar-refractivity contribution in [2.45, 2.75) is 24.9 Å². The maximum Gasteiger partial charge on any atom is 0.260 e. The summed E-state index contributed by atoms with van der Waals surface area (Å²) in [5.74, 6) is 0.277. The van der Waals surface area contributed by atoms with Crippen molar-refractivity contribution in [3.05, 3.63) is 47.7 Å². The van der Waals surface area contributed by atoms with Gasteiger partial charge in [-0.2, -0.15) is 4.31 Å². The summed E-state index contributed by atoms with van der Waals surface area (Å²) in [5.41, 5.74) is 0.715. The molecule has 0 saturated carbocycles. The number of nitrogens with zero attached hydrogens (tertiary/aromatic N) is 2. The van der Waals surface area contributed by atoms with Gasteiger partial charge in [0.15, 0.2) is 5.03 Å². The number of aromatic nitrogens is 2. The van der Waals surface area contributed by atoms with Crippen LogP contribution in [0.1, 0.15) is 18.3 Å². The molecular formula is C13H16FN3O2S. The van der Waals surface area contributed by atoms with E-state index in [9.17, 15) is 12.8 Å². The van der Waals surface area contributed by atoms with Crippen LogP contribution >= 0.6 is 0 Å². The van der Waals surface area contributed by atoms with Crippen molar-refractivity contribution >= 4 is 10.0 Å². The van der Waals surface area contributed by atoms with Crippen LogP contribution in [0.4, 0.5) is 4.39 Å². The summed E-state index contributed by atoms with van der Waals surface area (Å²) in [7, 11) is -2.14. The van der Waals surface area contributed by atoms with E-state index in [-0.39, 0.29) is 17.4 Å². The van der Waals surface area contributed by atoms with Crippen LogP contribution in [0.25, 0.3) is 0 Å². The van der Waals surface area contributed by atoms with Gasteiger partial charge >= 0.3 is 0 Å². The van der Waals surface area contributed by atoms with E-state index in [0.717, 1.165) is 0 Å². The second-order valence-corrected chi connectivity index (χ2v) is 6.45. The van der Waals surface area contributed by atoms with Gasteiger partial charge in [-0.25, -0.2) is 17.8 Å². The van der Waals surface area contributed by atoms with Gasteiger partial charge in [-0.15, -0.1) is 0 Å². The van der Waals surface area contributed by atoms with Crippen LogP contribution in [0.5, 0.6) is 0 Å². The fourth-order valence-corrected chi connectivity index (χ4v) is 2.84. The van der Waals surface area contributed by atoms with Gasteiger partial charge in [-0.3, -0.25) is 0 Å². The van der Waals surface area contributed by atoms with Crippen molar-refractivity contribution in [1.82, 2.24) is 14.3 Å². The summed E-state index contributed by atoms with van der Waals surface area (Å²) >= 11 is 0. The lowest BCUT2D eigenvalue weighted by molar-refractivity contribution is 0.464. The minimum Gasteiger partial charge on any atom is -0.332 e. The van der Waals surface area contributed by atoms with Gasteiger partial charge in [-0.05, 0) is 17.7 Å². The van der Waals surface area contributed by atoms with Crippen molar-refractivity contribution in [2.24, 2.45) is 0 Å². The van der Waals surface area contributed by atoms with Gasteiger partial charge in [-0.1, -0.05) is 19.1 Å². The highest BCUT2D eigenvalue weighted by Gasteiger charge is 2.23. The molecule has 108 valence electrons. The molecule has 0 aliphatic carbocycles. The second kappa shape index (κ2) is 5.72. The Morgan fingerprint density at radius 1 is 1.30 bits per heavy atom. The number of rotatable bonds is 5. The molecule has 1 N–H and O–H groups in total. The molecule has 2 rings (SSSR count). The Hall–Kier alpha value is -1.73. The Morgan fingerprint density at radius 3 is 2.50 bits per heavy atom. The molecule has 1 heterocycles. The number of sulfonamides is 1. The summed E-state index contributed by atoms with van der Waals surface area (Å²) in [5, 5.41) is 0.0685. The number of hydrogen-bond donors (Lipinski definition) is 1. The predicted octanol–water partition coefficient (Wildman–Crippen LogP) is 1.93. The Morgan fingerprint density at radius 2 is 1.95 bits per heavy atom. The first-order valence-corrected chi connectivity index (χ1v) is 7.62. The van der Waals surface area contributed by atoms with Crippen LogP contribution in [0, 0.1) is 5.82 Å². The lowest BCUT2D eigenvalue weighted by Crippen LogP contribution is -2.26. The molecule has 7 heteroatoms. The number of aromatic amines is 1. The topological polar surface area (TPSA) is 66.1 Å². The lowest BCUT2D eigenvalue weighted by atomic mass is 10.2. The van der Waals surface area contributed by atoms with Crippen molar-refractivity contribution in [2.75, 3.05) is 7.05 Å². The van der Waals surface area contributed by atoms with Crippen LogP contribution in [0.15, 0.2) is 35.5 Å². The molecule has 0 aliphatic rings. The Labute approximate surface area is 117 Å². The zero-order valence-electron chi connectivity index (χ0n) is 11.3. The lowest BCUT2D eigenvalue weighted by Gasteiger charge is -2.15. The smallest absolute Gasteiger partial charge is 0.260 e. The largest absolute Gasteiger partial charge is 0.332 e. The van der Waals surface area contributed by atoms with E-state index in [2.05, 4.69) is 9.97 Å². The van der Waals surface area contributed by atoms with E-state index >= 15 is 0 Å². The van der Waals surface area contributed by atoms with Gasteiger partial charge in [0.1, 0.15) is 11.6 Å². The van der Waals surface area contributed by atoms with E-state index in [1.807, 2.05) is 6.92 Å². The number of imidazole rings is 1. The standard InChI is InChI=1S/C13H16FN3O2S/c1-3-12-15-8-13(16-12)20(18,19)17(2)9-10-4-6-11(14)7-5-10/h4-8H,3,9H2,1-2H3,(H,15,16). The molecule has 0 saturated heterocycles. The van der Waals surface area contributed by atoms with Gasteiger partial charge in [0.05, 0.1) is 6.20 Å². The van der Waals surface area contributed by atoms with Crippen LogP contribution in [0.3, 0.4) is 0 Å². The van der Waals surface area contributed by atoms with E-state index in [1.165, 1.54) is 29.7 Å². The van der Waals surface area contributed by atoms with Crippen molar-refractivity contribution < 1.29 is 12.8 Å². The number of H-pyrrole nitrogens is 1. The molecule has 0 atom stereocenters. The Kier molecular flexibility index (Phi) is 4.20. The zero-order chi connectivity index (χ0) is 14.8. The average molecular weight is 297 g/mol. The molecule has 0 spiro atoms. The zero-order valence-corrected chi connectivity index (χ0v) is 12.1. The predicted molar refractivity (Wildman–Crippen MR) is 73.0 cm³/mol. The van der Waals surface area contributed by atoms with Crippen molar-refractivity contribution in [1.29, 1.82) is 0 Å². The molecule has 0 bridgehead atoms. The van der Waals surface area contributed by atoms with Crippen LogP contribution in [0.2, 0.25) is 0 Å². The first kappa shape index (κ1) is 14.7. The first-order chi connectivity index (χ1) is 9.43. The minimum atomic E-state index is -3.62. The molecule has 0 fully saturated rings. The second-order valence-electron chi connectivity index (χ2n) is 4.44. The van der Waals surface area contributed by atoms with Crippen LogP contribution in [-0.2, 0) is 23.0 Å². The van der Waals surface area contributed by atoms with Gasteiger partial charge in [0.25, 0.3) is 10.0 Å². The van der Waals surface area contributed by atoms with Gasteiger partial charge in [0.2, 0.25) is 0 Å². The first-order valence-electron chi connectivity index (χ1n) is 6.18. The highest BCUT2D eigenvalue weighted by molar-refractivity contribution is 7.89. The fraction of sp³-hybridized carbons (Fsp3) is 0.308. The summed E-state index contributed by atoms with van der Waals surface area (Å²) in [6, 6.07) is 5.74. The molecule has 2 aromatic rings. The van der Waals surface area contributed by atoms with Gasteiger partial charge in [0, 0.05) is 20.0 Å². The number of nitrogens with one attached hydrogen (secondary N) is 1. The van der Waals surface area contributed by atoms with E-state index < -0.39 is 10.0 Å². The third kappa shape index (κ3) is 3.05. The number of benzene rings is 1. The third-order valence-electron chi connectivity index (χ3n) is 2.95. The SMILES string of the molecule is CCc1ncc(S(=O)(=O)N(C)Cc2ccc(F)cc2)[nH]1. The van der Waals surface area contributed by atoms with Crippen LogP contribution < -0.4 is 0 Å². The summed E-state index contributed by atoms with van der Waals surface area (Å²) in [4.78, 5) is 6.77. The maximum atomic E-state index is 12.8. The molecule has 5 nitrogen and oxygen atoms in total. The summed E-state index contributed by atoms with van der Waals surface area (Å²) in [6.45, 7) is 2.06. The molecule has 0 amide bonds. The van der Waals surface area contributed by atoms with E-state index in [4.69, 9.17) is 0 Å². The maximum absolute atomic E-state index is 12.8. The molecule has 1 aromatic heterocycles. The molecule has 0 aliphatic heterocycles. The molecule has 0 unspecified atom stereocenters. The normalized spacial score (nSPS) is 12.0.